The van der Waals surface area contributed by atoms with Crippen molar-refractivity contribution in [1.29, 1.82) is 0 Å². The maximum absolute atomic E-state index is 12.2. The van der Waals surface area contributed by atoms with E-state index in [9.17, 15) is 13.2 Å². The number of aromatic nitrogens is 1. The molecule has 1 aromatic carbocycles. The predicted octanol–water partition coefficient (Wildman–Crippen LogP) is 4.18. The molecule has 0 fully saturated rings. The van der Waals surface area contributed by atoms with Crippen LogP contribution in [-0.2, 0) is 5.88 Å². The van der Waals surface area contributed by atoms with Gasteiger partial charge in [-0.15, -0.1) is 11.6 Å². The van der Waals surface area contributed by atoms with Gasteiger partial charge in [-0.1, -0.05) is 6.07 Å². The molecule has 0 bridgehead atoms. The summed E-state index contributed by atoms with van der Waals surface area (Å²) in [5.41, 5.74) is -3.84. The van der Waals surface area contributed by atoms with Crippen LogP contribution in [0.25, 0.3) is 11.1 Å². The molecule has 16 heavy (non-hydrogen) atoms. The van der Waals surface area contributed by atoms with Gasteiger partial charge in [0.1, 0.15) is 5.52 Å². The maximum Gasteiger partial charge on any atom is 0.446 e. The minimum atomic E-state index is -4.35. The zero-order valence-corrected chi connectivity index (χ0v) is 9.29. The van der Waals surface area contributed by atoms with Gasteiger partial charge in [-0.25, -0.2) is 4.98 Å². The Hall–Kier alpha value is -0.880. The van der Waals surface area contributed by atoms with Crippen LogP contribution in [0.15, 0.2) is 27.5 Å². The molecule has 0 atom stereocenters. The molecule has 0 radical (unpaired) electrons. The van der Waals surface area contributed by atoms with E-state index in [2.05, 4.69) is 4.98 Å². The van der Waals surface area contributed by atoms with Gasteiger partial charge in [0.25, 0.3) is 0 Å². The number of benzene rings is 1. The number of oxazole rings is 1. The number of halogens is 4. The molecule has 0 saturated heterocycles. The van der Waals surface area contributed by atoms with Gasteiger partial charge in [0.15, 0.2) is 5.58 Å². The summed E-state index contributed by atoms with van der Waals surface area (Å²) < 4.78 is 41.8. The van der Waals surface area contributed by atoms with Gasteiger partial charge in [0.05, 0.1) is 10.8 Å². The Morgan fingerprint density at radius 2 is 2.12 bits per heavy atom. The Bertz CT molecular complexity index is 511. The van der Waals surface area contributed by atoms with Gasteiger partial charge >= 0.3 is 5.51 Å². The first-order valence-electron chi connectivity index (χ1n) is 4.20. The highest BCUT2D eigenvalue weighted by atomic mass is 35.5. The minimum Gasteiger partial charge on any atom is -0.438 e. The molecule has 0 N–H and O–H groups in total. The Kier molecular flexibility index (Phi) is 3.03. The Balaban J connectivity index is 2.48. The van der Waals surface area contributed by atoms with E-state index in [0.29, 0.717) is 5.52 Å². The van der Waals surface area contributed by atoms with Crippen molar-refractivity contribution in [2.45, 2.75) is 16.3 Å². The van der Waals surface area contributed by atoms with Crippen molar-refractivity contribution in [2.75, 3.05) is 0 Å². The summed E-state index contributed by atoms with van der Waals surface area (Å²) >= 11 is 5.28. The molecule has 0 saturated carbocycles. The highest BCUT2D eigenvalue weighted by Crippen LogP contribution is 2.40. The van der Waals surface area contributed by atoms with E-state index < -0.39 is 5.51 Å². The molecule has 0 amide bonds. The Labute approximate surface area is 97.8 Å². The van der Waals surface area contributed by atoms with E-state index in [1.54, 1.807) is 6.07 Å². The molecule has 2 nitrogen and oxygen atoms in total. The Morgan fingerprint density at radius 1 is 1.38 bits per heavy atom. The second kappa shape index (κ2) is 4.18. The second-order valence-electron chi connectivity index (χ2n) is 2.89. The first kappa shape index (κ1) is 11.6. The highest BCUT2D eigenvalue weighted by Gasteiger charge is 2.31. The van der Waals surface area contributed by atoms with Crippen LogP contribution in [-0.4, -0.2) is 10.5 Å². The van der Waals surface area contributed by atoms with Gasteiger partial charge in [-0.3, -0.25) is 0 Å². The summed E-state index contributed by atoms with van der Waals surface area (Å²) in [6.45, 7) is 0. The molecule has 0 aliphatic heterocycles. The van der Waals surface area contributed by atoms with Crippen LogP contribution in [0.1, 0.15) is 5.89 Å². The van der Waals surface area contributed by atoms with Crippen molar-refractivity contribution in [3.8, 4) is 0 Å². The molecule has 1 aromatic heterocycles. The highest BCUT2D eigenvalue weighted by molar-refractivity contribution is 8.00. The van der Waals surface area contributed by atoms with Crippen LogP contribution < -0.4 is 0 Å². The number of hydrogen-bond donors (Lipinski definition) is 0. The predicted molar refractivity (Wildman–Crippen MR) is 55.5 cm³/mol. The molecule has 2 rings (SSSR count). The van der Waals surface area contributed by atoms with Gasteiger partial charge in [0.2, 0.25) is 5.89 Å². The first-order valence-corrected chi connectivity index (χ1v) is 5.55. The Morgan fingerprint density at radius 3 is 2.75 bits per heavy atom. The van der Waals surface area contributed by atoms with Crippen molar-refractivity contribution in [3.05, 3.63) is 24.1 Å². The van der Waals surface area contributed by atoms with Crippen LogP contribution in [0.3, 0.4) is 0 Å². The zero-order chi connectivity index (χ0) is 11.8. The fraction of sp³-hybridized carbons (Fsp3) is 0.222. The third-order valence-corrected chi connectivity index (χ3v) is 2.76. The fourth-order valence-electron chi connectivity index (χ4n) is 1.23. The molecular formula is C9H5ClF3NOS. The quantitative estimate of drug-likeness (QED) is 0.603. The summed E-state index contributed by atoms with van der Waals surface area (Å²) in [4.78, 5) is 3.94. The van der Waals surface area contributed by atoms with Crippen molar-refractivity contribution >= 4 is 34.5 Å². The fourth-order valence-corrected chi connectivity index (χ4v) is 1.98. The molecule has 1 heterocycles. The monoisotopic (exact) mass is 267 g/mol. The topological polar surface area (TPSA) is 26.0 Å². The molecule has 86 valence electrons. The number of hydrogen-bond acceptors (Lipinski definition) is 3. The lowest BCUT2D eigenvalue weighted by Gasteiger charge is -2.04. The summed E-state index contributed by atoms with van der Waals surface area (Å²) in [6.07, 6.45) is 0. The SMILES string of the molecule is FC(F)(F)Sc1cccc2nc(CCl)oc12. The van der Waals surface area contributed by atoms with Crippen LogP contribution in [0.4, 0.5) is 13.2 Å². The lowest BCUT2D eigenvalue weighted by Crippen LogP contribution is -1.98. The van der Waals surface area contributed by atoms with Crippen LogP contribution in [0, 0.1) is 0 Å². The van der Waals surface area contributed by atoms with Crippen LogP contribution in [0.2, 0.25) is 0 Å². The minimum absolute atomic E-state index is 0.00568. The van der Waals surface area contributed by atoms with Crippen LogP contribution in [0.5, 0.6) is 0 Å². The average molecular weight is 268 g/mol. The molecular weight excluding hydrogens is 263 g/mol. The second-order valence-corrected chi connectivity index (χ2v) is 4.27. The number of nitrogens with zero attached hydrogens (tertiary/aromatic N) is 1. The summed E-state index contributed by atoms with van der Waals surface area (Å²) in [5.74, 6) is 0.247. The first-order chi connectivity index (χ1) is 7.49. The smallest absolute Gasteiger partial charge is 0.438 e. The van der Waals surface area contributed by atoms with Gasteiger partial charge in [-0.2, -0.15) is 13.2 Å². The molecule has 0 unspecified atom stereocenters. The van der Waals surface area contributed by atoms with Crippen molar-refractivity contribution in [1.82, 2.24) is 4.98 Å². The van der Waals surface area contributed by atoms with E-state index in [-0.39, 0.29) is 34.0 Å². The van der Waals surface area contributed by atoms with Crippen LogP contribution >= 0.6 is 23.4 Å². The summed E-state index contributed by atoms with van der Waals surface area (Å²) in [7, 11) is 0. The van der Waals surface area contributed by atoms with Crippen molar-refractivity contribution < 1.29 is 17.6 Å². The normalized spacial score (nSPS) is 12.2. The number of alkyl halides is 4. The largest absolute Gasteiger partial charge is 0.446 e. The van der Waals surface area contributed by atoms with Crippen molar-refractivity contribution in [3.63, 3.8) is 0 Å². The number of para-hydroxylation sites is 1. The average Bonchev–Trinajstić information content (AvgIpc) is 2.59. The van der Waals surface area contributed by atoms with E-state index in [0.717, 1.165) is 0 Å². The number of fused-ring (bicyclic) bond motifs is 1. The molecule has 7 heteroatoms. The van der Waals surface area contributed by atoms with E-state index in [4.69, 9.17) is 16.0 Å². The summed E-state index contributed by atoms with van der Waals surface area (Å²) in [5, 5.41) is 0. The van der Waals surface area contributed by atoms with E-state index in [1.807, 2.05) is 0 Å². The standard InChI is InChI=1S/C9H5ClF3NOS/c10-4-7-14-5-2-1-3-6(8(5)15-7)16-9(11,12)13/h1-3H,4H2. The number of rotatable bonds is 2. The number of thioether (sulfide) groups is 1. The lowest BCUT2D eigenvalue weighted by atomic mass is 10.3. The molecule has 2 aromatic rings. The van der Waals surface area contributed by atoms with Crippen molar-refractivity contribution in [2.24, 2.45) is 0 Å². The zero-order valence-electron chi connectivity index (χ0n) is 7.71. The van der Waals surface area contributed by atoms with Gasteiger partial charge < -0.3 is 4.42 Å². The summed E-state index contributed by atoms with van der Waals surface area (Å²) in [6, 6.07) is 4.41. The van der Waals surface area contributed by atoms with Gasteiger partial charge in [0, 0.05) is 0 Å². The van der Waals surface area contributed by atoms with Gasteiger partial charge in [-0.05, 0) is 23.9 Å². The molecule has 0 aliphatic rings. The lowest BCUT2D eigenvalue weighted by molar-refractivity contribution is -0.0328. The molecule has 0 aliphatic carbocycles. The maximum atomic E-state index is 12.2. The van der Waals surface area contributed by atoms with E-state index >= 15 is 0 Å². The molecule has 0 spiro atoms. The third kappa shape index (κ3) is 2.44. The third-order valence-electron chi connectivity index (χ3n) is 1.76. The van der Waals surface area contributed by atoms with E-state index in [1.165, 1.54) is 12.1 Å².